The maximum absolute atomic E-state index is 13.3. The fraction of sp³-hybridized carbons (Fsp3) is 0.877. The molecule has 3 heterocycles. The zero-order valence-electron chi connectivity index (χ0n) is 46.0. The monoisotopic (exact) mass is 1090 g/mol. The molecule has 1 amide bonds. The highest BCUT2D eigenvalue weighted by Gasteiger charge is 2.53. The quantitative estimate of drug-likeness (QED) is 0.0295. The zero-order valence-corrected chi connectivity index (χ0v) is 46.0. The Morgan fingerprint density at radius 3 is 1.36 bits per heavy atom. The summed E-state index contributed by atoms with van der Waals surface area (Å²) in [5.74, 6) is -0.286. The molecule has 19 heteroatoms. The normalized spacial score (nSPS) is 31.2. The number of hydrogen-bond donors (Lipinski definition) is 12. The van der Waals surface area contributed by atoms with Crippen LogP contribution >= 0.6 is 0 Å². The van der Waals surface area contributed by atoms with Gasteiger partial charge in [-0.15, -0.1) is 0 Å². The lowest BCUT2D eigenvalue weighted by molar-refractivity contribution is -0.379. The average molecular weight is 1090 g/mol. The molecule has 3 saturated heterocycles. The van der Waals surface area contributed by atoms with Gasteiger partial charge in [-0.1, -0.05) is 166 Å². The van der Waals surface area contributed by atoms with Gasteiger partial charge in [-0.25, -0.2) is 0 Å². The Labute approximate surface area is 453 Å². The number of amides is 1. The van der Waals surface area contributed by atoms with E-state index in [9.17, 15) is 61.0 Å². The van der Waals surface area contributed by atoms with Crippen molar-refractivity contribution in [3.63, 3.8) is 0 Å². The Morgan fingerprint density at radius 2 is 0.868 bits per heavy atom. The van der Waals surface area contributed by atoms with Gasteiger partial charge in [-0.05, 0) is 51.4 Å². The molecule has 76 heavy (non-hydrogen) atoms. The van der Waals surface area contributed by atoms with Crippen molar-refractivity contribution < 1.29 is 89.4 Å². The van der Waals surface area contributed by atoms with Crippen LogP contribution in [-0.4, -0.2) is 193 Å². The molecular formula is C57H103NO18. The summed E-state index contributed by atoms with van der Waals surface area (Å²) < 4.78 is 34.2. The number of carbonyl (C=O) groups is 1. The van der Waals surface area contributed by atoms with E-state index in [0.717, 1.165) is 83.5 Å². The molecule has 0 aliphatic carbocycles. The molecule has 444 valence electrons. The Hall–Kier alpha value is -1.99. The van der Waals surface area contributed by atoms with Gasteiger partial charge >= 0.3 is 0 Å². The van der Waals surface area contributed by atoms with Crippen LogP contribution in [0.4, 0.5) is 0 Å². The number of allylic oxidation sites excluding steroid dienone is 5. The standard InChI is InChI=1S/C57H103NO18/c1-3-5-7-9-11-13-15-17-18-19-20-21-23-25-27-29-31-33-35-45(63)58-40(41(62)34-32-30-28-26-24-22-16-14-12-10-8-6-4-2)39-71-55-51(69)48(66)53(43(37-60)73-55)76-57-52(70)49(67)54(44(38-61)74-57)75-56-50(68)47(65)46(64)42(36-59)72-56/h13,15,18-19,32,34,40-44,46-57,59-62,64-70H,3-12,14,16-17,20-31,33,35-39H2,1-2H3,(H,58,63)/b15-13-,19-18-,34-32+. The lowest BCUT2D eigenvalue weighted by Crippen LogP contribution is -2.66. The SMILES string of the molecule is CCCCCC/C=C\C/C=C\CCCCCCCCCC(=O)NC(COC1OC(CO)C(OC2OC(CO)C(OC3OC(CO)C(O)C(O)C3O)C(O)C2O)C(O)C1O)C(O)/C=C/CCCCCCCCCCCCC. The molecule has 17 unspecified atom stereocenters. The summed E-state index contributed by atoms with van der Waals surface area (Å²) in [7, 11) is 0. The van der Waals surface area contributed by atoms with Gasteiger partial charge in [-0.3, -0.25) is 4.79 Å². The summed E-state index contributed by atoms with van der Waals surface area (Å²) in [5.41, 5.74) is 0. The molecule has 17 atom stereocenters. The van der Waals surface area contributed by atoms with Gasteiger partial charge in [0.15, 0.2) is 18.9 Å². The first kappa shape index (κ1) is 68.3. The average Bonchev–Trinajstić information content (AvgIpc) is 3.42. The van der Waals surface area contributed by atoms with E-state index in [2.05, 4.69) is 43.5 Å². The van der Waals surface area contributed by atoms with Crippen LogP contribution in [0.15, 0.2) is 36.5 Å². The number of unbranched alkanes of at least 4 members (excludes halogenated alkanes) is 22. The van der Waals surface area contributed by atoms with Crippen molar-refractivity contribution in [1.82, 2.24) is 5.32 Å². The number of aliphatic hydroxyl groups excluding tert-OH is 11. The predicted molar refractivity (Wildman–Crippen MR) is 286 cm³/mol. The van der Waals surface area contributed by atoms with E-state index in [1.807, 2.05) is 6.08 Å². The predicted octanol–water partition coefficient (Wildman–Crippen LogP) is 4.54. The summed E-state index contributed by atoms with van der Waals surface area (Å²) in [4.78, 5) is 13.3. The molecule has 12 N–H and O–H groups in total. The largest absolute Gasteiger partial charge is 0.394 e. The summed E-state index contributed by atoms with van der Waals surface area (Å²) in [6, 6.07) is -0.975. The fourth-order valence-electron chi connectivity index (χ4n) is 9.81. The van der Waals surface area contributed by atoms with Crippen LogP contribution in [0.25, 0.3) is 0 Å². The topological polar surface area (TPSA) is 307 Å². The number of ether oxygens (including phenoxy) is 6. The summed E-state index contributed by atoms with van der Waals surface area (Å²) in [6.07, 6.45) is 15.5. The van der Waals surface area contributed by atoms with Crippen LogP contribution < -0.4 is 5.32 Å². The van der Waals surface area contributed by atoms with Crippen LogP contribution in [0.5, 0.6) is 0 Å². The molecule has 0 aromatic rings. The first-order valence-electron chi connectivity index (χ1n) is 29.2. The molecule has 0 saturated carbocycles. The van der Waals surface area contributed by atoms with E-state index in [-0.39, 0.29) is 18.9 Å². The van der Waals surface area contributed by atoms with Crippen LogP contribution in [0.3, 0.4) is 0 Å². The number of carbonyl (C=O) groups excluding carboxylic acids is 1. The second kappa shape index (κ2) is 41.1. The molecule has 0 spiro atoms. The van der Waals surface area contributed by atoms with Gasteiger partial charge in [-0.2, -0.15) is 0 Å². The number of hydrogen-bond acceptors (Lipinski definition) is 18. The number of rotatable bonds is 42. The zero-order chi connectivity index (χ0) is 55.5. The summed E-state index contributed by atoms with van der Waals surface area (Å²) in [5, 5.41) is 120. The highest BCUT2D eigenvalue weighted by Crippen LogP contribution is 2.33. The number of nitrogens with one attached hydrogen (secondary N) is 1. The summed E-state index contributed by atoms with van der Waals surface area (Å²) in [6.45, 7) is 1.68. The van der Waals surface area contributed by atoms with Crippen molar-refractivity contribution in [2.75, 3.05) is 26.4 Å². The molecule has 0 aromatic heterocycles. The fourth-order valence-corrected chi connectivity index (χ4v) is 9.81. The molecule has 3 fully saturated rings. The van der Waals surface area contributed by atoms with Crippen molar-refractivity contribution in [2.45, 2.75) is 291 Å². The lowest BCUT2D eigenvalue weighted by atomic mass is 9.96. The first-order chi connectivity index (χ1) is 36.8. The van der Waals surface area contributed by atoms with Crippen LogP contribution in [0.1, 0.15) is 187 Å². The van der Waals surface area contributed by atoms with Crippen LogP contribution in [0.2, 0.25) is 0 Å². The van der Waals surface area contributed by atoms with Gasteiger partial charge in [0.25, 0.3) is 0 Å². The van der Waals surface area contributed by atoms with E-state index in [1.54, 1.807) is 6.08 Å². The highest BCUT2D eigenvalue weighted by atomic mass is 16.8. The molecule has 3 aliphatic heterocycles. The van der Waals surface area contributed by atoms with E-state index < -0.39 is 124 Å². The number of aliphatic hydroxyl groups is 11. The highest BCUT2D eigenvalue weighted by molar-refractivity contribution is 5.76. The Balaban J connectivity index is 1.52. The van der Waals surface area contributed by atoms with Crippen LogP contribution in [-0.2, 0) is 33.2 Å². The lowest BCUT2D eigenvalue weighted by Gasteiger charge is -2.48. The Morgan fingerprint density at radius 1 is 0.474 bits per heavy atom. The third-order valence-corrected chi connectivity index (χ3v) is 14.7. The third kappa shape index (κ3) is 25.2. The third-order valence-electron chi connectivity index (χ3n) is 14.7. The van der Waals surface area contributed by atoms with E-state index in [4.69, 9.17) is 28.4 Å². The van der Waals surface area contributed by atoms with Gasteiger partial charge < -0.3 is 89.9 Å². The van der Waals surface area contributed by atoms with Gasteiger partial charge in [0.2, 0.25) is 5.91 Å². The van der Waals surface area contributed by atoms with E-state index in [1.165, 1.54) is 77.0 Å². The smallest absolute Gasteiger partial charge is 0.220 e. The molecule has 0 aromatic carbocycles. The molecule has 0 bridgehead atoms. The van der Waals surface area contributed by atoms with Crippen molar-refractivity contribution in [1.29, 1.82) is 0 Å². The Bertz CT molecular complexity index is 1540. The molecule has 0 radical (unpaired) electrons. The molecular weight excluding hydrogens is 987 g/mol. The second-order valence-corrected chi connectivity index (χ2v) is 21.1. The summed E-state index contributed by atoms with van der Waals surface area (Å²) >= 11 is 0. The minimum absolute atomic E-state index is 0.234. The van der Waals surface area contributed by atoms with Crippen LogP contribution in [0, 0.1) is 0 Å². The van der Waals surface area contributed by atoms with Gasteiger partial charge in [0, 0.05) is 6.42 Å². The van der Waals surface area contributed by atoms with Gasteiger partial charge in [0.05, 0.1) is 38.6 Å². The second-order valence-electron chi connectivity index (χ2n) is 21.1. The van der Waals surface area contributed by atoms with E-state index >= 15 is 0 Å². The maximum Gasteiger partial charge on any atom is 0.220 e. The van der Waals surface area contributed by atoms with Crippen molar-refractivity contribution in [3.05, 3.63) is 36.5 Å². The Kier molecular flexibility index (Phi) is 36.9. The molecule has 3 rings (SSSR count). The van der Waals surface area contributed by atoms with Crippen molar-refractivity contribution in [3.8, 4) is 0 Å². The first-order valence-corrected chi connectivity index (χ1v) is 29.2. The molecule has 19 nitrogen and oxygen atoms in total. The minimum atomic E-state index is -1.98. The van der Waals surface area contributed by atoms with Gasteiger partial charge in [0.1, 0.15) is 73.2 Å². The van der Waals surface area contributed by atoms with Crippen molar-refractivity contribution >= 4 is 5.91 Å². The maximum atomic E-state index is 13.3. The van der Waals surface area contributed by atoms with Crippen molar-refractivity contribution in [2.24, 2.45) is 0 Å². The molecule has 3 aliphatic rings. The van der Waals surface area contributed by atoms with E-state index in [0.29, 0.717) is 6.42 Å². The minimum Gasteiger partial charge on any atom is -0.394 e.